The number of hydrogen-bond acceptors (Lipinski definition) is 4. The molecule has 1 aromatic carbocycles. The summed E-state index contributed by atoms with van der Waals surface area (Å²) in [4.78, 5) is 38.7. The van der Waals surface area contributed by atoms with Gasteiger partial charge in [-0.2, -0.15) is 0 Å². The van der Waals surface area contributed by atoms with Crippen LogP contribution >= 0.6 is 23.4 Å². The molecule has 1 saturated heterocycles. The lowest BCUT2D eigenvalue weighted by atomic mass is 9.95. The van der Waals surface area contributed by atoms with Crippen molar-refractivity contribution in [3.8, 4) is 0 Å². The maximum absolute atomic E-state index is 13.0. The minimum absolute atomic E-state index is 0.00405. The fraction of sp³-hybridized carbons (Fsp3) is 0.550. The SMILES string of the molecule is O=C(CN(Cc1ccccc1Cl)C(=O)[C@H]1CSC(=O)C1)NC1CCCCC1. The largest absolute Gasteiger partial charge is 0.352 e. The van der Waals surface area contributed by atoms with Gasteiger partial charge in [0.1, 0.15) is 0 Å². The molecule has 146 valence electrons. The molecule has 1 aromatic rings. The molecule has 1 N–H and O–H groups in total. The standard InChI is InChI=1S/C20H25ClN2O3S/c21-17-9-5-4-6-14(17)11-23(20(26)15-10-19(25)27-13-15)12-18(24)22-16-7-2-1-3-8-16/h4-6,9,15-16H,1-3,7-8,10-13H2,(H,22,24)/t15-/m1/s1. The van der Waals surface area contributed by atoms with Crippen molar-refractivity contribution in [3.05, 3.63) is 34.9 Å². The van der Waals surface area contributed by atoms with Gasteiger partial charge in [-0.05, 0) is 24.5 Å². The molecule has 1 saturated carbocycles. The van der Waals surface area contributed by atoms with E-state index in [1.165, 1.54) is 18.2 Å². The third-order valence-corrected chi connectivity index (χ3v) is 6.57. The Morgan fingerprint density at radius 1 is 1.19 bits per heavy atom. The van der Waals surface area contributed by atoms with Gasteiger partial charge in [-0.3, -0.25) is 14.4 Å². The number of thioether (sulfide) groups is 1. The highest BCUT2D eigenvalue weighted by molar-refractivity contribution is 8.14. The molecule has 1 aliphatic carbocycles. The second kappa shape index (κ2) is 9.60. The van der Waals surface area contributed by atoms with Gasteiger partial charge in [-0.15, -0.1) is 0 Å². The fourth-order valence-electron chi connectivity index (χ4n) is 3.67. The summed E-state index contributed by atoms with van der Waals surface area (Å²) in [5, 5.41) is 3.67. The fourth-order valence-corrected chi connectivity index (χ4v) is 4.83. The Bertz CT molecular complexity index is 706. The number of hydrogen-bond donors (Lipinski definition) is 1. The van der Waals surface area contributed by atoms with Crippen LogP contribution in [0.1, 0.15) is 44.1 Å². The number of halogens is 1. The normalized spacial score (nSPS) is 20.5. The molecule has 2 aliphatic rings. The number of amides is 2. The van der Waals surface area contributed by atoms with Crippen molar-refractivity contribution in [1.29, 1.82) is 0 Å². The topological polar surface area (TPSA) is 66.5 Å². The minimum atomic E-state index is -0.354. The molecule has 2 amide bonds. The third-order valence-electron chi connectivity index (χ3n) is 5.14. The zero-order valence-electron chi connectivity index (χ0n) is 15.3. The molecule has 7 heteroatoms. The maximum Gasteiger partial charge on any atom is 0.239 e. The van der Waals surface area contributed by atoms with Crippen LogP contribution in [0.4, 0.5) is 0 Å². The number of nitrogens with one attached hydrogen (secondary N) is 1. The summed E-state index contributed by atoms with van der Waals surface area (Å²) in [5.41, 5.74) is 0.801. The molecule has 0 unspecified atom stereocenters. The summed E-state index contributed by atoms with van der Waals surface area (Å²) >= 11 is 7.45. The van der Waals surface area contributed by atoms with Crippen LogP contribution in [0.25, 0.3) is 0 Å². The van der Waals surface area contributed by atoms with E-state index in [1.54, 1.807) is 11.0 Å². The Kier molecular flexibility index (Phi) is 7.19. The van der Waals surface area contributed by atoms with Gasteiger partial charge in [0, 0.05) is 29.8 Å². The van der Waals surface area contributed by atoms with Crippen molar-refractivity contribution < 1.29 is 14.4 Å². The van der Waals surface area contributed by atoms with Gasteiger partial charge in [-0.1, -0.05) is 60.8 Å². The first-order valence-corrected chi connectivity index (χ1v) is 10.9. The molecular weight excluding hydrogens is 384 g/mol. The summed E-state index contributed by atoms with van der Waals surface area (Å²) in [5.74, 6) is -0.153. The molecule has 27 heavy (non-hydrogen) atoms. The Morgan fingerprint density at radius 3 is 2.59 bits per heavy atom. The van der Waals surface area contributed by atoms with Gasteiger partial charge in [0.25, 0.3) is 0 Å². The first-order valence-electron chi connectivity index (χ1n) is 9.50. The van der Waals surface area contributed by atoms with E-state index in [0.717, 1.165) is 31.2 Å². The van der Waals surface area contributed by atoms with Crippen molar-refractivity contribution in [1.82, 2.24) is 10.2 Å². The molecule has 0 radical (unpaired) electrons. The van der Waals surface area contributed by atoms with Gasteiger partial charge < -0.3 is 10.2 Å². The summed E-state index contributed by atoms with van der Waals surface area (Å²) in [6, 6.07) is 7.53. The molecule has 1 atom stereocenters. The molecule has 0 spiro atoms. The smallest absolute Gasteiger partial charge is 0.239 e. The number of benzene rings is 1. The maximum atomic E-state index is 13.0. The highest BCUT2D eigenvalue weighted by Crippen LogP contribution is 2.28. The molecule has 1 aliphatic heterocycles. The van der Waals surface area contributed by atoms with Gasteiger partial charge >= 0.3 is 0 Å². The predicted molar refractivity (Wildman–Crippen MR) is 107 cm³/mol. The summed E-state index contributed by atoms with van der Waals surface area (Å²) in [7, 11) is 0. The van der Waals surface area contributed by atoms with E-state index in [0.29, 0.717) is 10.8 Å². The highest BCUT2D eigenvalue weighted by Gasteiger charge is 2.33. The molecule has 2 fully saturated rings. The monoisotopic (exact) mass is 408 g/mol. The van der Waals surface area contributed by atoms with E-state index in [4.69, 9.17) is 11.6 Å². The Morgan fingerprint density at radius 2 is 1.93 bits per heavy atom. The van der Waals surface area contributed by atoms with E-state index in [1.807, 2.05) is 18.2 Å². The van der Waals surface area contributed by atoms with Crippen LogP contribution in [-0.4, -0.2) is 40.2 Å². The molecule has 0 bridgehead atoms. The lowest BCUT2D eigenvalue weighted by molar-refractivity contribution is -0.140. The molecule has 3 rings (SSSR count). The van der Waals surface area contributed by atoms with E-state index in [-0.39, 0.29) is 48.4 Å². The summed E-state index contributed by atoms with van der Waals surface area (Å²) < 4.78 is 0. The average molecular weight is 409 g/mol. The molecule has 1 heterocycles. The van der Waals surface area contributed by atoms with Crippen LogP contribution in [0.2, 0.25) is 5.02 Å². The van der Waals surface area contributed by atoms with E-state index in [2.05, 4.69) is 5.32 Å². The highest BCUT2D eigenvalue weighted by atomic mass is 35.5. The van der Waals surface area contributed by atoms with Crippen molar-refractivity contribution in [3.63, 3.8) is 0 Å². The lowest BCUT2D eigenvalue weighted by Crippen LogP contribution is -2.46. The van der Waals surface area contributed by atoms with Gasteiger partial charge in [0.2, 0.25) is 11.8 Å². The second-order valence-corrected chi connectivity index (χ2v) is 8.76. The summed E-state index contributed by atoms with van der Waals surface area (Å²) in [6.45, 7) is 0.266. The van der Waals surface area contributed by atoms with Crippen LogP contribution in [0.3, 0.4) is 0 Å². The van der Waals surface area contributed by atoms with E-state index >= 15 is 0 Å². The molecule has 5 nitrogen and oxygen atoms in total. The Hall–Kier alpha value is -1.53. The van der Waals surface area contributed by atoms with Gasteiger partial charge in [0.15, 0.2) is 5.12 Å². The quantitative estimate of drug-likeness (QED) is 0.783. The number of rotatable bonds is 6. The van der Waals surface area contributed by atoms with E-state index in [9.17, 15) is 14.4 Å². The van der Waals surface area contributed by atoms with Crippen LogP contribution < -0.4 is 5.32 Å². The van der Waals surface area contributed by atoms with Crippen LogP contribution in [-0.2, 0) is 20.9 Å². The molecular formula is C20H25ClN2O3S. The zero-order chi connectivity index (χ0) is 19.2. The Balaban J connectivity index is 1.68. The van der Waals surface area contributed by atoms with Crippen molar-refractivity contribution >= 4 is 40.3 Å². The number of carbonyl (C=O) groups is 3. The number of carbonyl (C=O) groups excluding carboxylic acids is 3. The van der Waals surface area contributed by atoms with Crippen LogP contribution in [0.15, 0.2) is 24.3 Å². The van der Waals surface area contributed by atoms with Crippen LogP contribution in [0, 0.1) is 5.92 Å². The van der Waals surface area contributed by atoms with Gasteiger partial charge in [0.05, 0.1) is 12.5 Å². The predicted octanol–water partition coefficient (Wildman–Crippen LogP) is 3.40. The minimum Gasteiger partial charge on any atom is -0.352 e. The Labute approximate surface area is 169 Å². The zero-order valence-corrected chi connectivity index (χ0v) is 16.9. The summed E-state index contributed by atoms with van der Waals surface area (Å²) in [6.07, 6.45) is 5.73. The van der Waals surface area contributed by atoms with Crippen molar-refractivity contribution in [2.45, 2.75) is 51.1 Å². The first kappa shape index (κ1) is 20.2. The second-order valence-electron chi connectivity index (χ2n) is 7.27. The molecule has 0 aromatic heterocycles. The number of nitrogens with zero attached hydrogens (tertiary/aromatic N) is 1. The van der Waals surface area contributed by atoms with E-state index < -0.39 is 0 Å². The van der Waals surface area contributed by atoms with Crippen LogP contribution in [0.5, 0.6) is 0 Å². The average Bonchev–Trinajstić information content (AvgIpc) is 3.09. The van der Waals surface area contributed by atoms with Crippen molar-refractivity contribution in [2.75, 3.05) is 12.3 Å². The van der Waals surface area contributed by atoms with Gasteiger partial charge in [-0.25, -0.2) is 0 Å². The lowest BCUT2D eigenvalue weighted by Gasteiger charge is -2.28. The third kappa shape index (κ3) is 5.72. The van der Waals surface area contributed by atoms with Crippen molar-refractivity contribution in [2.24, 2.45) is 5.92 Å². The first-order chi connectivity index (χ1) is 13.0.